The van der Waals surface area contributed by atoms with Crippen molar-refractivity contribution in [1.82, 2.24) is 19.0 Å². The zero-order valence-electron chi connectivity index (χ0n) is 25.9. The van der Waals surface area contributed by atoms with Crippen LogP contribution < -0.4 is 0 Å². The summed E-state index contributed by atoms with van der Waals surface area (Å²) in [6, 6.07) is 19.0. The number of hydrogen-bond acceptors (Lipinski definition) is 5. The van der Waals surface area contributed by atoms with E-state index in [1.807, 2.05) is 6.20 Å². The second-order valence-electron chi connectivity index (χ2n) is 12.8. The molecule has 0 saturated heterocycles. The van der Waals surface area contributed by atoms with Crippen LogP contribution in [0.5, 0.6) is 0 Å². The Kier molecular flexibility index (Phi) is 7.92. The van der Waals surface area contributed by atoms with Crippen molar-refractivity contribution in [1.29, 1.82) is 0 Å². The number of sulfonamides is 1. The number of carbonyl (C=O) groups excluding carboxylic acids is 2. The number of hydrogen-bond donors (Lipinski definition) is 0. The molecule has 0 unspecified atom stereocenters. The second-order valence-corrected chi connectivity index (χ2v) is 14.9. The molecule has 2 atom stereocenters. The molecule has 4 aromatic rings. The van der Waals surface area contributed by atoms with E-state index >= 15 is 0 Å². The van der Waals surface area contributed by atoms with E-state index in [-0.39, 0.29) is 54.3 Å². The average Bonchev–Trinajstić information content (AvgIpc) is 3.68. The Morgan fingerprint density at radius 3 is 2.34 bits per heavy atom. The first-order valence-corrected chi connectivity index (χ1v) is 17.4. The number of fused-ring (bicyclic) bond motifs is 3. The van der Waals surface area contributed by atoms with E-state index in [0.717, 1.165) is 34.7 Å². The van der Waals surface area contributed by atoms with Crippen molar-refractivity contribution in [3.8, 4) is 5.69 Å². The summed E-state index contributed by atoms with van der Waals surface area (Å²) < 4.78 is 59.5. The van der Waals surface area contributed by atoms with Gasteiger partial charge in [-0.2, -0.15) is 5.10 Å². The van der Waals surface area contributed by atoms with E-state index in [1.54, 1.807) is 59.3 Å². The van der Waals surface area contributed by atoms with Gasteiger partial charge in [-0.15, -0.1) is 0 Å². The van der Waals surface area contributed by atoms with Gasteiger partial charge in [-0.05, 0) is 96.7 Å². The van der Waals surface area contributed by atoms with Crippen molar-refractivity contribution in [2.45, 2.75) is 32.6 Å². The van der Waals surface area contributed by atoms with Crippen LogP contribution >= 0.6 is 0 Å². The topological polar surface area (TPSA) is 92.6 Å². The van der Waals surface area contributed by atoms with Crippen LogP contribution in [-0.4, -0.2) is 64.6 Å². The zero-order valence-corrected chi connectivity index (χ0v) is 26.7. The summed E-state index contributed by atoms with van der Waals surface area (Å²) in [5, 5.41) is 4.59. The molecular formula is C36H34F2N4O4S. The van der Waals surface area contributed by atoms with Gasteiger partial charge in [0.25, 0.3) is 11.8 Å². The molecule has 2 heterocycles. The van der Waals surface area contributed by atoms with Gasteiger partial charge in [-0.3, -0.25) is 14.5 Å². The molecule has 11 heteroatoms. The van der Waals surface area contributed by atoms with Crippen LogP contribution in [-0.2, 0) is 22.9 Å². The molecule has 3 aliphatic rings. The number of carbonyl (C=O) groups is 2. The quantitative estimate of drug-likeness (QED) is 0.205. The molecule has 242 valence electrons. The largest absolute Gasteiger partial charge is 0.273 e. The van der Waals surface area contributed by atoms with Crippen molar-refractivity contribution >= 4 is 27.9 Å². The van der Waals surface area contributed by atoms with Crippen molar-refractivity contribution < 1.29 is 26.8 Å². The van der Waals surface area contributed by atoms with Gasteiger partial charge < -0.3 is 0 Å². The molecule has 0 bridgehead atoms. The molecule has 2 aliphatic carbocycles. The minimum Gasteiger partial charge on any atom is -0.273 e. The number of nitrogens with zero attached hydrogens (tertiary/aromatic N) is 4. The minimum atomic E-state index is -3.98. The van der Waals surface area contributed by atoms with Gasteiger partial charge in [0.05, 0.1) is 34.5 Å². The maximum Gasteiger partial charge on any atom is 0.261 e. The summed E-state index contributed by atoms with van der Waals surface area (Å²) in [4.78, 5) is 26.9. The Labute approximate surface area is 272 Å². The van der Waals surface area contributed by atoms with Crippen molar-refractivity contribution in [2.24, 2.45) is 11.3 Å². The number of rotatable bonds is 10. The minimum absolute atomic E-state index is 0.0363. The predicted octanol–water partition coefficient (Wildman–Crippen LogP) is 5.68. The Bertz CT molecular complexity index is 1990. The normalized spacial score (nSPS) is 20.4. The van der Waals surface area contributed by atoms with Crippen molar-refractivity contribution in [3.05, 3.63) is 124 Å². The Hall–Kier alpha value is -4.48. The first kappa shape index (κ1) is 31.1. The van der Waals surface area contributed by atoms with E-state index in [2.05, 4.69) is 18.1 Å². The molecule has 0 radical (unpaired) electrons. The van der Waals surface area contributed by atoms with Crippen LogP contribution in [0.1, 0.15) is 57.3 Å². The predicted molar refractivity (Wildman–Crippen MR) is 173 cm³/mol. The average molecular weight is 657 g/mol. The fraction of sp³-hybridized carbons (Fsp3) is 0.306. The van der Waals surface area contributed by atoms with Gasteiger partial charge >= 0.3 is 0 Å². The Morgan fingerprint density at radius 2 is 1.64 bits per heavy atom. The van der Waals surface area contributed by atoms with E-state index < -0.39 is 33.4 Å². The molecule has 8 nitrogen and oxygen atoms in total. The van der Waals surface area contributed by atoms with Gasteiger partial charge in [-0.25, -0.2) is 26.2 Å². The maximum absolute atomic E-state index is 14.6. The molecule has 7 rings (SSSR count). The summed E-state index contributed by atoms with van der Waals surface area (Å²) in [5.74, 6) is -2.20. The van der Waals surface area contributed by atoms with E-state index in [4.69, 9.17) is 0 Å². The fourth-order valence-electron chi connectivity index (χ4n) is 7.33. The van der Waals surface area contributed by atoms with Crippen molar-refractivity contribution in [2.75, 3.05) is 25.4 Å². The van der Waals surface area contributed by atoms with Crippen LogP contribution in [0.15, 0.2) is 84.6 Å². The summed E-state index contributed by atoms with van der Waals surface area (Å²) >= 11 is 0. The van der Waals surface area contributed by atoms with Gasteiger partial charge in [0.15, 0.2) is 0 Å². The molecule has 1 aromatic heterocycles. The van der Waals surface area contributed by atoms with E-state index in [1.165, 1.54) is 28.1 Å². The van der Waals surface area contributed by atoms with Crippen LogP contribution in [0.25, 0.3) is 11.8 Å². The van der Waals surface area contributed by atoms with E-state index in [9.17, 15) is 26.8 Å². The van der Waals surface area contributed by atoms with Crippen molar-refractivity contribution in [3.63, 3.8) is 0 Å². The lowest BCUT2D eigenvalue weighted by Crippen LogP contribution is -2.44. The third-order valence-corrected chi connectivity index (χ3v) is 11.9. The lowest BCUT2D eigenvalue weighted by molar-refractivity contribution is 0.0663. The number of amides is 2. The molecule has 47 heavy (non-hydrogen) atoms. The number of allylic oxidation sites excluding steroid dienone is 1. The number of benzene rings is 3. The van der Waals surface area contributed by atoms with Crippen LogP contribution in [0, 0.1) is 23.0 Å². The van der Waals surface area contributed by atoms with Gasteiger partial charge in [0.1, 0.15) is 11.6 Å². The molecule has 0 N–H and O–H groups in total. The lowest BCUT2D eigenvalue weighted by atomic mass is 9.70. The van der Waals surface area contributed by atoms with Gasteiger partial charge in [0.2, 0.25) is 10.0 Å². The summed E-state index contributed by atoms with van der Waals surface area (Å²) in [5.41, 5.74) is 4.54. The molecule has 1 fully saturated rings. The Morgan fingerprint density at radius 1 is 0.957 bits per heavy atom. The number of imide groups is 1. The molecule has 3 aromatic carbocycles. The zero-order chi connectivity index (χ0) is 32.9. The second kappa shape index (κ2) is 12.0. The third-order valence-electron chi connectivity index (χ3n) is 10.1. The highest BCUT2D eigenvalue weighted by atomic mass is 32.2. The highest BCUT2D eigenvalue weighted by Gasteiger charge is 2.47. The third kappa shape index (κ3) is 5.61. The highest BCUT2D eigenvalue weighted by molar-refractivity contribution is 7.89. The van der Waals surface area contributed by atoms with Crippen LogP contribution in [0.4, 0.5) is 8.78 Å². The number of aromatic nitrogens is 2. The Balaban J connectivity index is 1.13. The fourth-order valence-corrected chi connectivity index (χ4v) is 8.78. The molecule has 1 saturated carbocycles. The summed E-state index contributed by atoms with van der Waals surface area (Å²) in [6.07, 6.45) is 6.35. The summed E-state index contributed by atoms with van der Waals surface area (Å²) in [6.45, 7) is 2.16. The number of halogens is 2. The first-order chi connectivity index (χ1) is 22.5. The molecule has 2 amide bonds. The monoisotopic (exact) mass is 656 g/mol. The summed E-state index contributed by atoms with van der Waals surface area (Å²) in [7, 11) is -3.98. The molecule has 1 aliphatic heterocycles. The van der Waals surface area contributed by atoms with E-state index in [0.29, 0.717) is 12.0 Å². The molecule has 0 spiro atoms. The maximum atomic E-state index is 14.6. The molecular weight excluding hydrogens is 622 g/mol. The lowest BCUT2D eigenvalue weighted by Gasteiger charge is -2.38. The first-order valence-electron chi connectivity index (χ1n) is 15.8. The van der Waals surface area contributed by atoms with Gasteiger partial charge in [0, 0.05) is 19.6 Å². The van der Waals surface area contributed by atoms with Gasteiger partial charge in [-0.1, -0.05) is 42.8 Å². The SMILES string of the molecule is C[C@]12Cc3cnn(-c4ccc(F)cc4)c3C=C1CC[C@@H]2CN(CCc1ccccc1F)S(=O)(=O)CCN1C(=O)c2ccccc2C1=O. The smallest absolute Gasteiger partial charge is 0.261 e. The standard InChI is InChI=1S/C36H34F2N4O4S/c1-36-21-25-22-39-42(29-14-12-28(37)13-15-29)33(25)20-26(36)10-11-27(36)23-40(17-16-24-6-2-5-9-32(24)38)47(45,46)19-18-41-34(43)30-7-3-4-8-31(30)35(41)44/h2-9,12-15,20,22,27H,10-11,16-19,21,23H2,1H3/t27-,36+/m1/s1. The van der Waals surface area contributed by atoms with Crippen LogP contribution in [0.2, 0.25) is 0 Å². The van der Waals surface area contributed by atoms with Crippen LogP contribution in [0.3, 0.4) is 0 Å². The highest BCUT2D eigenvalue weighted by Crippen LogP contribution is 2.53.